The van der Waals surface area contributed by atoms with Crippen molar-refractivity contribution < 1.29 is 4.74 Å². The summed E-state index contributed by atoms with van der Waals surface area (Å²) in [4.78, 5) is 0. The molecule has 0 saturated carbocycles. The van der Waals surface area contributed by atoms with Crippen LogP contribution < -0.4 is 15.8 Å². The second kappa shape index (κ2) is 9.98. The zero-order chi connectivity index (χ0) is 15.5. The molecule has 0 radical (unpaired) electrons. The molecule has 0 aliphatic carbocycles. The molecule has 0 bridgehead atoms. The van der Waals surface area contributed by atoms with Crippen LogP contribution >= 0.6 is 0 Å². The monoisotopic (exact) mass is 298 g/mol. The summed E-state index contributed by atoms with van der Waals surface area (Å²) in [5.41, 5.74) is 6.76. The van der Waals surface area contributed by atoms with Gasteiger partial charge in [0.25, 0.3) is 0 Å². The Morgan fingerprint density at radius 1 is 0.773 bits per heavy atom. The van der Waals surface area contributed by atoms with Gasteiger partial charge in [-0.05, 0) is 55.8 Å². The van der Waals surface area contributed by atoms with Gasteiger partial charge < -0.3 is 15.8 Å². The molecule has 2 aromatic carbocycles. The molecule has 3 N–H and O–H groups in total. The van der Waals surface area contributed by atoms with Gasteiger partial charge in [-0.3, -0.25) is 0 Å². The Hall–Kier alpha value is -1.84. The highest BCUT2D eigenvalue weighted by atomic mass is 16.5. The SMILES string of the molecule is NCCCCCCNCc1ccc(Oc2ccccc2)cc1. The minimum Gasteiger partial charge on any atom is -0.457 e. The first-order valence-corrected chi connectivity index (χ1v) is 8.11. The number of benzene rings is 2. The summed E-state index contributed by atoms with van der Waals surface area (Å²) in [7, 11) is 0. The lowest BCUT2D eigenvalue weighted by Crippen LogP contribution is -2.14. The highest BCUT2D eigenvalue weighted by Gasteiger charge is 1.97. The van der Waals surface area contributed by atoms with Crippen molar-refractivity contribution in [3.63, 3.8) is 0 Å². The number of rotatable bonds is 10. The molecular weight excluding hydrogens is 272 g/mol. The number of unbranched alkanes of at least 4 members (excludes halogenated alkanes) is 3. The lowest BCUT2D eigenvalue weighted by atomic mass is 10.2. The highest BCUT2D eigenvalue weighted by molar-refractivity contribution is 5.32. The molecule has 0 unspecified atom stereocenters. The fourth-order valence-corrected chi connectivity index (χ4v) is 2.28. The van der Waals surface area contributed by atoms with E-state index in [1.165, 1.54) is 24.8 Å². The maximum atomic E-state index is 5.78. The predicted octanol–water partition coefficient (Wildman–Crippen LogP) is 4.09. The van der Waals surface area contributed by atoms with E-state index in [2.05, 4.69) is 17.4 Å². The van der Waals surface area contributed by atoms with Crippen molar-refractivity contribution in [2.75, 3.05) is 13.1 Å². The summed E-state index contributed by atoms with van der Waals surface area (Å²) < 4.78 is 5.78. The summed E-state index contributed by atoms with van der Waals surface area (Å²) in [5.74, 6) is 1.74. The summed E-state index contributed by atoms with van der Waals surface area (Å²) in [5, 5.41) is 3.48. The Bertz CT molecular complexity index is 511. The van der Waals surface area contributed by atoms with E-state index in [0.717, 1.165) is 37.6 Å². The first-order chi connectivity index (χ1) is 10.9. The van der Waals surface area contributed by atoms with Crippen LogP contribution in [0, 0.1) is 0 Å². The predicted molar refractivity (Wildman–Crippen MR) is 92.2 cm³/mol. The van der Waals surface area contributed by atoms with Crippen molar-refractivity contribution in [1.82, 2.24) is 5.32 Å². The van der Waals surface area contributed by atoms with Gasteiger partial charge in [-0.1, -0.05) is 43.2 Å². The Balaban J connectivity index is 1.66. The van der Waals surface area contributed by atoms with Crippen LogP contribution in [0.25, 0.3) is 0 Å². The molecule has 0 aromatic heterocycles. The average molecular weight is 298 g/mol. The molecule has 0 fully saturated rings. The molecule has 0 heterocycles. The number of para-hydroxylation sites is 1. The molecule has 0 spiro atoms. The third kappa shape index (κ3) is 6.29. The van der Waals surface area contributed by atoms with Crippen LogP contribution in [0.4, 0.5) is 0 Å². The summed E-state index contributed by atoms with van der Waals surface area (Å²) in [6, 6.07) is 18.1. The molecule has 22 heavy (non-hydrogen) atoms. The number of hydrogen-bond donors (Lipinski definition) is 2. The van der Waals surface area contributed by atoms with Gasteiger partial charge >= 0.3 is 0 Å². The van der Waals surface area contributed by atoms with Crippen molar-refractivity contribution in [2.24, 2.45) is 5.73 Å². The molecule has 3 nitrogen and oxygen atoms in total. The minimum atomic E-state index is 0.810. The van der Waals surface area contributed by atoms with E-state index >= 15 is 0 Å². The van der Waals surface area contributed by atoms with E-state index < -0.39 is 0 Å². The molecule has 2 aromatic rings. The molecule has 0 aliphatic rings. The first-order valence-electron chi connectivity index (χ1n) is 8.11. The van der Waals surface area contributed by atoms with Crippen molar-refractivity contribution in [3.8, 4) is 11.5 Å². The standard InChI is InChI=1S/C19H26N2O/c20-14-6-1-2-7-15-21-16-17-10-12-19(13-11-17)22-18-8-4-3-5-9-18/h3-5,8-13,21H,1-2,6-7,14-16,20H2. The number of nitrogens with two attached hydrogens (primary N) is 1. The zero-order valence-corrected chi connectivity index (χ0v) is 13.1. The molecule has 0 atom stereocenters. The third-order valence-corrected chi connectivity index (χ3v) is 3.54. The number of hydrogen-bond acceptors (Lipinski definition) is 3. The maximum absolute atomic E-state index is 5.78. The number of nitrogens with one attached hydrogen (secondary N) is 1. The van der Waals surface area contributed by atoms with Crippen LogP contribution in [0.3, 0.4) is 0 Å². The Morgan fingerprint density at radius 2 is 1.45 bits per heavy atom. The fourth-order valence-electron chi connectivity index (χ4n) is 2.28. The van der Waals surface area contributed by atoms with Crippen molar-refractivity contribution in [1.29, 1.82) is 0 Å². The first kappa shape index (κ1) is 16.5. The molecule has 2 rings (SSSR count). The fraction of sp³-hybridized carbons (Fsp3) is 0.368. The lowest BCUT2D eigenvalue weighted by molar-refractivity contribution is 0.482. The van der Waals surface area contributed by atoms with Gasteiger partial charge in [-0.25, -0.2) is 0 Å². The Kier molecular flexibility index (Phi) is 7.50. The number of ether oxygens (including phenoxy) is 1. The summed E-state index contributed by atoms with van der Waals surface area (Å²) in [6.07, 6.45) is 4.86. The van der Waals surface area contributed by atoms with Gasteiger partial charge in [-0.2, -0.15) is 0 Å². The summed E-state index contributed by atoms with van der Waals surface area (Å²) in [6.45, 7) is 2.78. The van der Waals surface area contributed by atoms with E-state index in [4.69, 9.17) is 10.5 Å². The molecule has 0 amide bonds. The third-order valence-electron chi connectivity index (χ3n) is 3.54. The summed E-state index contributed by atoms with van der Waals surface area (Å²) >= 11 is 0. The topological polar surface area (TPSA) is 47.3 Å². The highest BCUT2D eigenvalue weighted by Crippen LogP contribution is 2.20. The van der Waals surface area contributed by atoms with Crippen LogP contribution in [0.15, 0.2) is 54.6 Å². The van der Waals surface area contributed by atoms with Gasteiger partial charge in [0.1, 0.15) is 11.5 Å². The molecule has 3 heteroatoms. The van der Waals surface area contributed by atoms with E-state index in [-0.39, 0.29) is 0 Å². The van der Waals surface area contributed by atoms with E-state index in [0.29, 0.717) is 0 Å². The van der Waals surface area contributed by atoms with Gasteiger partial charge in [0.15, 0.2) is 0 Å². The lowest BCUT2D eigenvalue weighted by Gasteiger charge is -2.08. The van der Waals surface area contributed by atoms with Crippen LogP contribution in [0.5, 0.6) is 11.5 Å². The largest absolute Gasteiger partial charge is 0.457 e. The smallest absolute Gasteiger partial charge is 0.127 e. The van der Waals surface area contributed by atoms with Crippen LogP contribution in [0.2, 0.25) is 0 Å². The normalized spacial score (nSPS) is 10.6. The molecular formula is C19H26N2O. The molecule has 118 valence electrons. The van der Waals surface area contributed by atoms with Gasteiger partial charge in [0, 0.05) is 6.54 Å². The van der Waals surface area contributed by atoms with E-state index in [1.54, 1.807) is 0 Å². The van der Waals surface area contributed by atoms with Crippen molar-refractivity contribution in [2.45, 2.75) is 32.2 Å². The zero-order valence-electron chi connectivity index (χ0n) is 13.1. The van der Waals surface area contributed by atoms with Crippen molar-refractivity contribution >= 4 is 0 Å². The van der Waals surface area contributed by atoms with Crippen molar-refractivity contribution in [3.05, 3.63) is 60.2 Å². The van der Waals surface area contributed by atoms with E-state index in [9.17, 15) is 0 Å². The Morgan fingerprint density at radius 3 is 2.18 bits per heavy atom. The van der Waals surface area contributed by atoms with Crippen LogP contribution in [-0.2, 0) is 6.54 Å². The van der Waals surface area contributed by atoms with E-state index in [1.807, 2.05) is 42.5 Å². The van der Waals surface area contributed by atoms with Gasteiger partial charge in [-0.15, -0.1) is 0 Å². The quantitative estimate of drug-likeness (QED) is 0.650. The Labute approximate surface area is 133 Å². The van der Waals surface area contributed by atoms with Gasteiger partial charge in [0.2, 0.25) is 0 Å². The van der Waals surface area contributed by atoms with Crippen LogP contribution in [-0.4, -0.2) is 13.1 Å². The second-order valence-corrected chi connectivity index (χ2v) is 5.44. The molecule has 0 saturated heterocycles. The second-order valence-electron chi connectivity index (χ2n) is 5.44. The molecule has 0 aliphatic heterocycles. The maximum Gasteiger partial charge on any atom is 0.127 e. The van der Waals surface area contributed by atoms with Gasteiger partial charge in [0.05, 0.1) is 0 Å². The van der Waals surface area contributed by atoms with Crippen LogP contribution in [0.1, 0.15) is 31.2 Å². The average Bonchev–Trinajstić information content (AvgIpc) is 2.56. The minimum absolute atomic E-state index is 0.810.